The monoisotopic (exact) mass is 432 g/mol. The van der Waals surface area contributed by atoms with Crippen LogP contribution in [-0.2, 0) is 24.3 Å². The molecule has 2 N–H and O–H groups in total. The summed E-state index contributed by atoms with van der Waals surface area (Å²) in [5.74, 6) is -0.0290. The summed E-state index contributed by atoms with van der Waals surface area (Å²) >= 11 is 5.89. The molecule has 3 aromatic rings. The predicted molar refractivity (Wildman–Crippen MR) is 108 cm³/mol. The van der Waals surface area contributed by atoms with Crippen molar-refractivity contribution in [2.24, 2.45) is 0 Å². The van der Waals surface area contributed by atoms with Gasteiger partial charge in [-0.2, -0.15) is 0 Å². The number of carboxylic acid groups (broad SMARTS) is 1. The Kier molecular flexibility index (Phi) is 7.03. The smallest absolute Gasteiger partial charge is 0.308 e. The summed E-state index contributed by atoms with van der Waals surface area (Å²) in [5, 5.41) is 9.08. The van der Waals surface area contributed by atoms with E-state index in [1.54, 1.807) is 30.3 Å². The number of aromatic amines is 1. The number of H-pyrrole nitrogens is 1. The Morgan fingerprint density at radius 3 is 2.53 bits per heavy atom. The molecule has 156 valence electrons. The van der Waals surface area contributed by atoms with Gasteiger partial charge in [0, 0.05) is 28.8 Å². The molecule has 0 bridgehead atoms. The van der Waals surface area contributed by atoms with Gasteiger partial charge in [0.2, 0.25) is 0 Å². The van der Waals surface area contributed by atoms with E-state index in [4.69, 9.17) is 26.2 Å². The number of aromatic nitrogens is 2. The number of hydrogen-bond acceptors (Lipinski definition) is 5. The van der Waals surface area contributed by atoms with Crippen LogP contribution in [0.4, 0.5) is 4.39 Å². The van der Waals surface area contributed by atoms with E-state index in [2.05, 4.69) is 9.97 Å². The number of aliphatic carboxylic acids is 1. The second-order valence-electron chi connectivity index (χ2n) is 6.34. The molecule has 7 nitrogen and oxygen atoms in total. The maximum atomic E-state index is 12.9. The lowest BCUT2D eigenvalue weighted by Gasteiger charge is -2.09. The SMILES string of the molecule is O=C(O)Cc1cnc(OCCc2ccc(Oc3ccc(Cl)c(CF)c3)cc2)[nH]c1=O. The Morgan fingerprint density at radius 1 is 1.13 bits per heavy atom. The fourth-order valence-electron chi connectivity index (χ4n) is 2.61. The van der Waals surface area contributed by atoms with Gasteiger partial charge in [-0.25, -0.2) is 9.37 Å². The Labute approximate surface area is 176 Å². The second kappa shape index (κ2) is 9.89. The van der Waals surface area contributed by atoms with E-state index < -0.39 is 24.6 Å². The zero-order valence-corrected chi connectivity index (χ0v) is 16.5. The summed E-state index contributed by atoms with van der Waals surface area (Å²) in [6.45, 7) is -0.407. The topological polar surface area (TPSA) is 102 Å². The van der Waals surface area contributed by atoms with Gasteiger partial charge in [0.25, 0.3) is 11.6 Å². The number of hydrogen-bond donors (Lipinski definition) is 2. The van der Waals surface area contributed by atoms with Crippen molar-refractivity contribution in [1.82, 2.24) is 9.97 Å². The van der Waals surface area contributed by atoms with Crippen LogP contribution in [0.3, 0.4) is 0 Å². The molecule has 0 radical (unpaired) electrons. The van der Waals surface area contributed by atoms with Crippen LogP contribution in [0.2, 0.25) is 5.02 Å². The van der Waals surface area contributed by atoms with Crippen LogP contribution < -0.4 is 15.0 Å². The predicted octanol–water partition coefficient (Wildman–Crippen LogP) is 3.93. The number of halogens is 2. The molecule has 0 unspecified atom stereocenters. The minimum absolute atomic E-state index is 0.0282. The number of benzene rings is 2. The number of carbonyl (C=O) groups is 1. The highest BCUT2D eigenvalue weighted by molar-refractivity contribution is 6.31. The Morgan fingerprint density at radius 2 is 1.87 bits per heavy atom. The molecular weight excluding hydrogens is 415 g/mol. The maximum absolute atomic E-state index is 12.9. The first-order valence-electron chi connectivity index (χ1n) is 8.98. The molecule has 30 heavy (non-hydrogen) atoms. The van der Waals surface area contributed by atoms with E-state index in [1.807, 2.05) is 12.1 Å². The summed E-state index contributed by atoms with van der Waals surface area (Å²) in [7, 11) is 0. The summed E-state index contributed by atoms with van der Waals surface area (Å²) < 4.78 is 24.0. The molecule has 0 atom stereocenters. The van der Waals surface area contributed by atoms with Crippen LogP contribution in [-0.4, -0.2) is 27.7 Å². The normalized spacial score (nSPS) is 10.6. The number of ether oxygens (including phenoxy) is 2. The van der Waals surface area contributed by atoms with Gasteiger partial charge >= 0.3 is 5.97 Å². The van der Waals surface area contributed by atoms with Crippen LogP contribution in [0.25, 0.3) is 0 Å². The van der Waals surface area contributed by atoms with Gasteiger partial charge in [0.05, 0.1) is 13.0 Å². The fourth-order valence-corrected chi connectivity index (χ4v) is 2.78. The Bertz CT molecular complexity index is 1090. The molecule has 9 heteroatoms. The van der Waals surface area contributed by atoms with Gasteiger partial charge in [0.15, 0.2) is 0 Å². The highest BCUT2D eigenvalue weighted by atomic mass is 35.5. The zero-order valence-electron chi connectivity index (χ0n) is 15.7. The van der Waals surface area contributed by atoms with Crippen molar-refractivity contribution in [1.29, 1.82) is 0 Å². The number of carboxylic acids is 1. The molecule has 0 aliphatic rings. The Hall–Kier alpha value is -3.39. The van der Waals surface area contributed by atoms with Gasteiger partial charge in [-0.15, -0.1) is 0 Å². The highest BCUT2D eigenvalue weighted by Gasteiger charge is 2.08. The van der Waals surface area contributed by atoms with Gasteiger partial charge in [0.1, 0.15) is 18.2 Å². The highest BCUT2D eigenvalue weighted by Crippen LogP contribution is 2.27. The second-order valence-corrected chi connectivity index (χ2v) is 6.75. The lowest BCUT2D eigenvalue weighted by molar-refractivity contribution is -0.136. The lowest BCUT2D eigenvalue weighted by Crippen LogP contribution is -2.18. The molecule has 3 rings (SSSR count). The molecule has 0 saturated carbocycles. The van der Waals surface area contributed by atoms with Crippen molar-refractivity contribution >= 4 is 17.6 Å². The summed E-state index contributed by atoms with van der Waals surface area (Å²) in [4.78, 5) is 28.8. The van der Waals surface area contributed by atoms with Crippen molar-refractivity contribution < 1.29 is 23.8 Å². The minimum Gasteiger partial charge on any atom is -0.481 e. The summed E-state index contributed by atoms with van der Waals surface area (Å²) in [6, 6.07) is 12.1. The number of alkyl halides is 1. The molecule has 0 aliphatic heterocycles. The largest absolute Gasteiger partial charge is 0.481 e. The number of nitrogens with zero attached hydrogens (tertiary/aromatic N) is 1. The van der Waals surface area contributed by atoms with Crippen molar-refractivity contribution in [3.8, 4) is 17.5 Å². The standard InChI is InChI=1S/C21H18ClFN2O5/c22-18-6-5-17(9-14(18)11-23)30-16-3-1-13(2-4-16)7-8-29-21-24-12-15(10-19(26)27)20(28)25-21/h1-6,9,12H,7-8,10-11H2,(H,26,27)(H,24,25,28). The van der Waals surface area contributed by atoms with Crippen LogP contribution in [0, 0.1) is 0 Å². The van der Waals surface area contributed by atoms with E-state index in [-0.39, 0.29) is 18.2 Å². The fraction of sp³-hybridized carbons (Fsp3) is 0.190. The summed E-state index contributed by atoms with van der Waals surface area (Å²) in [6.07, 6.45) is 1.34. The number of nitrogens with one attached hydrogen (secondary N) is 1. The molecule has 1 heterocycles. The van der Waals surface area contributed by atoms with Crippen molar-refractivity contribution in [3.05, 3.63) is 80.7 Å². The molecule has 1 aromatic heterocycles. The molecule has 0 spiro atoms. The molecule has 0 amide bonds. The van der Waals surface area contributed by atoms with Gasteiger partial charge in [-0.1, -0.05) is 23.7 Å². The van der Waals surface area contributed by atoms with E-state index >= 15 is 0 Å². The quantitative estimate of drug-likeness (QED) is 0.531. The number of rotatable bonds is 9. The van der Waals surface area contributed by atoms with Crippen molar-refractivity contribution in [2.75, 3.05) is 6.61 Å². The van der Waals surface area contributed by atoms with E-state index in [1.165, 1.54) is 6.20 Å². The molecule has 2 aromatic carbocycles. The lowest BCUT2D eigenvalue weighted by atomic mass is 10.1. The third-order valence-corrected chi connectivity index (χ3v) is 4.51. The average Bonchev–Trinajstić information content (AvgIpc) is 2.72. The maximum Gasteiger partial charge on any atom is 0.308 e. The minimum atomic E-state index is -1.11. The first-order valence-corrected chi connectivity index (χ1v) is 9.36. The van der Waals surface area contributed by atoms with E-state index in [9.17, 15) is 14.0 Å². The van der Waals surface area contributed by atoms with Crippen molar-refractivity contribution in [2.45, 2.75) is 19.5 Å². The average molecular weight is 433 g/mol. The van der Waals surface area contributed by atoms with Crippen LogP contribution >= 0.6 is 11.6 Å². The van der Waals surface area contributed by atoms with Gasteiger partial charge in [-0.3, -0.25) is 14.6 Å². The van der Waals surface area contributed by atoms with Crippen LogP contribution in [0.15, 0.2) is 53.5 Å². The first kappa shape index (κ1) is 21.3. The van der Waals surface area contributed by atoms with E-state index in [0.29, 0.717) is 28.5 Å². The molecule has 0 saturated heterocycles. The molecular formula is C21H18ClFN2O5. The van der Waals surface area contributed by atoms with Crippen LogP contribution in [0.1, 0.15) is 16.7 Å². The third kappa shape index (κ3) is 5.81. The van der Waals surface area contributed by atoms with Crippen LogP contribution in [0.5, 0.6) is 17.5 Å². The summed E-state index contributed by atoms with van der Waals surface area (Å²) in [5.41, 5.74) is 0.852. The van der Waals surface area contributed by atoms with Gasteiger partial charge in [-0.05, 0) is 35.9 Å². The first-order chi connectivity index (χ1) is 14.4. The van der Waals surface area contributed by atoms with Crippen molar-refractivity contribution in [3.63, 3.8) is 0 Å². The van der Waals surface area contributed by atoms with E-state index in [0.717, 1.165) is 5.56 Å². The third-order valence-electron chi connectivity index (χ3n) is 4.14. The van der Waals surface area contributed by atoms with Gasteiger partial charge < -0.3 is 14.6 Å². The molecule has 0 aliphatic carbocycles. The zero-order chi connectivity index (χ0) is 21.5. The Balaban J connectivity index is 1.53. The molecule has 0 fully saturated rings.